The predicted octanol–water partition coefficient (Wildman–Crippen LogP) is -0.0728. The fourth-order valence-electron chi connectivity index (χ4n) is 0.770. The van der Waals surface area contributed by atoms with Crippen molar-refractivity contribution in [3.8, 4) is 0 Å². The molecule has 0 spiro atoms. The van der Waals surface area contributed by atoms with Gasteiger partial charge in [0.15, 0.2) is 0 Å². The number of hydrogen-bond donors (Lipinski definition) is 1. The lowest BCUT2D eigenvalue weighted by atomic mass is 10.6. The van der Waals surface area contributed by atoms with E-state index in [-0.39, 0.29) is 0 Å². The third kappa shape index (κ3) is 3.78. The van der Waals surface area contributed by atoms with Crippen LogP contribution in [0.4, 0.5) is 0 Å². The van der Waals surface area contributed by atoms with E-state index >= 15 is 0 Å². The van der Waals surface area contributed by atoms with Gasteiger partial charge in [0.25, 0.3) is 0 Å². The summed E-state index contributed by atoms with van der Waals surface area (Å²) < 4.78 is 0. The summed E-state index contributed by atoms with van der Waals surface area (Å²) in [5.74, 6) is 2.46. The fraction of sp³-hybridized carbons (Fsp3) is 1.00. The third-order valence-electron chi connectivity index (χ3n) is 1.26. The summed E-state index contributed by atoms with van der Waals surface area (Å²) in [6.45, 7) is 4.27. The Bertz CT molecular complexity index is 39.5. The van der Waals surface area contributed by atoms with E-state index in [0.29, 0.717) is 0 Å². The van der Waals surface area contributed by atoms with Crippen LogP contribution in [-0.2, 0) is 0 Å². The van der Waals surface area contributed by atoms with Gasteiger partial charge in [-0.3, -0.25) is 0 Å². The monoisotopic (exact) mass is 145 g/mol. The molecule has 0 amide bonds. The van der Waals surface area contributed by atoms with Crippen LogP contribution in [-0.4, -0.2) is 37.7 Å². The molecule has 1 saturated heterocycles. The van der Waals surface area contributed by atoms with Gasteiger partial charge < -0.3 is 5.32 Å². The lowest BCUT2D eigenvalue weighted by Gasteiger charge is -1.97. The molecule has 1 N–H and O–H groups in total. The molecule has 0 aromatic carbocycles. The van der Waals surface area contributed by atoms with Gasteiger partial charge in [-0.2, -0.15) is 11.8 Å². The van der Waals surface area contributed by atoms with Gasteiger partial charge in [0.05, 0.1) is 0 Å². The van der Waals surface area contributed by atoms with Gasteiger partial charge in [0.1, 0.15) is 0 Å². The number of hydrogen-bond acceptors (Lipinski definition) is 2. The van der Waals surface area contributed by atoms with Crippen LogP contribution in [0, 0.1) is 0 Å². The van der Waals surface area contributed by atoms with Crippen LogP contribution >= 0.6 is 11.8 Å². The summed E-state index contributed by atoms with van der Waals surface area (Å²) in [6, 6.07) is 0. The molecule has 0 bridgehead atoms. The molecule has 1 rings (SSSR count). The molecule has 0 atom stereocenters. The van der Waals surface area contributed by atoms with Crippen molar-refractivity contribution in [3.05, 3.63) is 0 Å². The predicted molar refractivity (Wildman–Crippen MR) is 42.1 cm³/mol. The Hall–Kier alpha value is 0.270. The zero-order valence-electron chi connectivity index (χ0n) is 5.60. The summed E-state index contributed by atoms with van der Waals surface area (Å²) in [4.78, 5) is 0. The SMILES string of the molecule is C1CNCCSCC[N]1. The van der Waals surface area contributed by atoms with Gasteiger partial charge in [-0.05, 0) is 0 Å². The highest BCUT2D eigenvalue weighted by Crippen LogP contribution is 1.96. The minimum Gasteiger partial charge on any atom is -0.315 e. The second kappa shape index (κ2) is 5.09. The number of rotatable bonds is 0. The number of nitrogens with one attached hydrogen (secondary N) is 1. The molecule has 9 heavy (non-hydrogen) atoms. The molecule has 0 unspecified atom stereocenters. The number of nitrogens with zero attached hydrogens (tertiary/aromatic N) is 1. The molecular weight excluding hydrogens is 132 g/mol. The Balaban J connectivity index is 2.02. The summed E-state index contributed by atoms with van der Waals surface area (Å²) in [6.07, 6.45) is 0. The third-order valence-corrected chi connectivity index (χ3v) is 2.23. The molecule has 53 valence electrons. The first kappa shape index (κ1) is 7.38. The van der Waals surface area contributed by atoms with Gasteiger partial charge in [-0.1, -0.05) is 0 Å². The van der Waals surface area contributed by atoms with Crippen molar-refractivity contribution < 1.29 is 0 Å². The minimum absolute atomic E-state index is 1.00. The molecule has 1 aliphatic heterocycles. The van der Waals surface area contributed by atoms with E-state index in [9.17, 15) is 0 Å². The first-order valence-corrected chi connectivity index (χ1v) is 4.57. The van der Waals surface area contributed by atoms with Crippen LogP contribution in [0.25, 0.3) is 0 Å². The van der Waals surface area contributed by atoms with Crippen molar-refractivity contribution in [1.82, 2.24) is 10.6 Å². The summed E-state index contributed by atoms with van der Waals surface area (Å²) in [5.41, 5.74) is 0. The molecule has 0 aromatic heterocycles. The van der Waals surface area contributed by atoms with E-state index in [4.69, 9.17) is 0 Å². The highest BCUT2D eigenvalue weighted by molar-refractivity contribution is 7.99. The Labute approximate surface area is 60.8 Å². The second-order valence-electron chi connectivity index (χ2n) is 2.03. The molecule has 0 saturated carbocycles. The highest BCUT2D eigenvalue weighted by atomic mass is 32.2. The summed E-state index contributed by atoms with van der Waals surface area (Å²) >= 11 is 1.99. The van der Waals surface area contributed by atoms with Crippen LogP contribution in [0.2, 0.25) is 0 Å². The van der Waals surface area contributed by atoms with Gasteiger partial charge in [-0.25, -0.2) is 5.32 Å². The molecule has 1 radical (unpaired) electrons. The summed E-state index contributed by atoms with van der Waals surface area (Å²) in [5, 5.41) is 7.62. The zero-order chi connectivity index (χ0) is 6.36. The van der Waals surface area contributed by atoms with Crippen molar-refractivity contribution in [1.29, 1.82) is 0 Å². The largest absolute Gasteiger partial charge is 0.315 e. The van der Waals surface area contributed by atoms with Crippen molar-refractivity contribution in [3.63, 3.8) is 0 Å². The molecule has 1 fully saturated rings. The standard InChI is InChI=1S/C6H13N2S/c1-2-8-4-6-9-5-3-7-1/h7H,1-6H2. The van der Waals surface area contributed by atoms with E-state index in [2.05, 4.69) is 10.6 Å². The molecule has 2 nitrogen and oxygen atoms in total. The maximum Gasteiger partial charge on any atom is 0.0259 e. The van der Waals surface area contributed by atoms with E-state index in [1.807, 2.05) is 11.8 Å². The first-order valence-electron chi connectivity index (χ1n) is 3.42. The summed E-state index contributed by atoms with van der Waals surface area (Å²) in [7, 11) is 0. The Morgan fingerprint density at radius 3 is 3.11 bits per heavy atom. The quantitative estimate of drug-likeness (QED) is 0.516. The van der Waals surface area contributed by atoms with Gasteiger partial charge in [0.2, 0.25) is 0 Å². The topological polar surface area (TPSA) is 26.1 Å². The van der Waals surface area contributed by atoms with E-state index in [1.165, 1.54) is 11.5 Å². The molecule has 1 aliphatic rings. The van der Waals surface area contributed by atoms with E-state index in [1.54, 1.807) is 0 Å². The van der Waals surface area contributed by atoms with Crippen LogP contribution in [0.1, 0.15) is 0 Å². The zero-order valence-corrected chi connectivity index (χ0v) is 6.41. The van der Waals surface area contributed by atoms with Crippen LogP contribution < -0.4 is 10.6 Å². The van der Waals surface area contributed by atoms with Crippen molar-refractivity contribution in [2.24, 2.45) is 0 Å². The maximum atomic E-state index is 4.31. The van der Waals surface area contributed by atoms with Crippen LogP contribution in [0.3, 0.4) is 0 Å². The molecule has 0 aromatic rings. The van der Waals surface area contributed by atoms with Crippen molar-refractivity contribution in [2.75, 3.05) is 37.7 Å². The molecule has 1 heterocycles. The van der Waals surface area contributed by atoms with Crippen molar-refractivity contribution >= 4 is 11.8 Å². The number of thioether (sulfide) groups is 1. The first-order chi connectivity index (χ1) is 4.50. The Morgan fingerprint density at radius 2 is 2.11 bits per heavy atom. The van der Waals surface area contributed by atoms with E-state index < -0.39 is 0 Å². The normalized spacial score (nSPS) is 24.0. The average molecular weight is 145 g/mol. The lowest BCUT2D eigenvalue weighted by molar-refractivity contribution is 0.643. The fourth-order valence-corrected chi connectivity index (χ4v) is 1.52. The van der Waals surface area contributed by atoms with Gasteiger partial charge in [-0.15, -0.1) is 0 Å². The van der Waals surface area contributed by atoms with E-state index in [0.717, 1.165) is 26.2 Å². The molecular formula is C6H13N2S. The second-order valence-corrected chi connectivity index (χ2v) is 3.26. The van der Waals surface area contributed by atoms with Crippen molar-refractivity contribution in [2.45, 2.75) is 0 Å². The smallest absolute Gasteiger partial charge is 0.0259 e. The average Bonchev–Trinajstić information content (AvgIpc) is 2.00. The van der Waals surface area contributed by atoms with Crippen LogP contribution in [0.15, 0.2) is 0 Å². The molecule has 3 heteroatoms. The Kier molecular flexibility index (Phi) is 4.17. The molecule has 0 aliphatic carbocycles. The highest BCUT2D eigenvalue weighted by Gasteiger charge is 1.94. The Morgan fingerprint density at radius 1 is 1.11 bits per heavy atom. The van der Waals surface area contributed by atoms with Gasteiger partial charge in [0, 0.05) is 37.7 Å². The van der Waals surface area contributed by atoms with Crippen LogP contribution in [0.5, 0.6) is 0 Å². The lowest BCUT2D eigenvalue weighted by Crippen LogP contribution is -2.24. The minimum atomic E-state index is 1.00. The van der Waals surface area contributed by atoms with Gasteiger partial charge >= 0.3 is 0 Å². The maximum absolute atomic E-state index is 4.31.